The Labute approximate surface area is 168 Å². The van der Waals surface area contributed by atoms with E-state index in [1.165, 1.54) is 11.3 Å². The maximum Gasteiger partial charge on any atom is 0.262 e. The van der Waals surface area contributed by atoms with Crippen molar-refractivity contribution in [3.63, 3.8) is 0 Å². The van der Waals surface area contributed by atoms with Crippen molar-refractivity contribution in [2.24, 2.45) is 0 Å². The van der Waals surface area contributed by atoms with Crippen LogP contribution in [0.3, 0.4) is 0 Å². The number of furan rings is 1. The molecule has 1 aliphatic rings. The number of para-hydroxylation sites is 1. The van der Waals surface area contributed by atoms with Crippen molar-refractivity contribution in [1.29, 1.82) is 0 Å². The molecule has 2 aromatic heterocycles. The smallest absolute Gasteiger partial charge is 0.262 e. The Morgan fingerprint density at radius 1 is 1.03 bits per heavy atom. The molecule has 0 unspecified atom stereocenters. The summed E-state index contributed by atoms with van der Waals surface area (Å²) in [5, 5.41) is 5.74. The summed E-state index contributed by atoms with van der Waals surface area (Å²) in [6.07, 6.45) is 0. The molecule has 3 heterocycles. The molecule has 0 saturated carbocycles. The topological polar surface area (TPSA) is 92.5 Å². The second-order valence-electron chi connectivity index (χ2n) is 6.48. The van der Waals surface area contributed by atoms with Crippen LogP contribution in [0.2, 0.25) is 0 Å². The molecule has 0 radical (unpaired) electrons. The van der Waals surface area contributed by atoms with Crippen molar-refractivity contribution in [3.05, 3.63) is 71.1 Å². The highest BCUT2D eigenvalue weighted by Gasteiger charge is 2.36. The van der Waals surface area contributed by atoms with Gasteiger partial charge in [0.1, 0.15) is 17.8 Å². The number of aromatic nitrogens is 1. The largest absolute Gasteiger partial charge is 0.454 e. The van der Waals surface area contributed by atoms with E-state index < -0.39 is 17.7 Å². The molecule has 0 bridgehead atoms. The standard InChI is InChI=1S/C21H13N3O4S/c25-18(10-24-19(26)13-6-2-3-7-14(13)20(24)27)23-21-22-15(11-29-21)17-9-12-5-1-4-8-16(12)28-17/h1-9,11H,10H2,(H,22,23,25). The Balaban J connectivity index is 1.30. The molecule has 29 heavy (non-hydrogen) atoms. The molecule has 4 aromatic rings. The van der Waals surface area contributed by atoms with E-state index in [4.69, 9.17) is 4.42 Å². The first kappa shape index (κ1) is 17.3. The number of hydrogen-bond donors (Lipinski definition) is 1. The predicted octanol–water partition coefficient (Wildman–Crippen LogP) is 3.79. The lowest BCUT2D eigenvalue weighted by molar-refractivity contribution is -0.116. The Kier molecular flexibility index (Phi) is 3.99. The van der Waals surface area contributed by atoms with Crippen molar-refractivity contribution < 1.29 is 18.8 Å². The van der Waals surface area contributed by atoms with Gasteiger partial charge in [0, 0.05) is 10.8 Å². The van der Waals surface area contributed by atoms with Crippen LogP contribution in [0.15, 0.2) is 64.4 Å². The van der Waals surface area contributed by atoms with E-state index in [0.29, 0.717) is 27.7 Å². The van der Waals surface area contributed by atoms with E-state index in [1.54, 1.807) is 29.6 Å². The first-order valence-electron chi connectivity index (χ1n) is 8.80. The zero-order valence-electron chi connectivity index (χ0n) is 14.9. The number of nitrogens with one attached hydrogen (secondary N) is 1. The van der Waals surface area contributed by atoms with Gasteiger partial charge in [0.25, 0.3) is 11.8 Å². The molecule has 8 heteroatoms. The van der Waals surface area contributed by atoms with Gasteiger partial charge in [0.05, 0.1) is 11.1 Å². The highest BCUT2D eigenvalue weighted by molar-refractivity contribution is 7.14. The van der Waals surface area contributed by atoms with Gasteiger partial charge >= 0.3 is 0 Å². The van der Waals surface area contributed by atoms with Gasteiger partial charge in [-0.05, 0) is 24.3 Å². The lowest BCUT2D eigenvalue weighted by Crippen LogP contribution is -2.37. The maximum absolute atomic E-state index is 12.4. The van der Waals surface area contributed by atoms with Crippen LogP contribution < -0.4 is 5.32 Å². The number of carbonyl (C=O) groups is 3. The lowest BCUT2D eigenvalue weighted by atomic mass is 10.1. The van der Waals surface area contributed by atoms with Crippen LogP contribution in [0.1, 0.15) is 20.7 Å². The molecule has 2 aromatic carbocycles. The van der Waals surface area contributed by atoms with Gasteiger partial charge in [0.15, 0.2) is 10.9 Å². The minimum atomic E-state index is -0.495. The minimum Gasteiger partial charge on any atom is -0.454 e. The molecule has 5 rings (SSSR count). The van der Waals surface area contributed by atoms with Crippen molar-refractivity contribution in [1.82, 2.24) is 9.88 Å². The lowest BCUT2D eigenvalue weighted by Gasteiger charge is -2.12. The molecule has 142 valence electrons. The summed E-state index contributed by atoms with van der Waals surface area (Å²) in [5.41, 5.74) is 1.98. The minimum absolute atomic E-state index is 0.312. The fraction of sp³-hybridized carbons (Fsp3) is 0.0476. The highest BCUT2D eigenvalue weighted by atomic mass is 32.1. The number of anilines is 1. The van der Waals surface area contributed by atoms with E-state index in [2.05, 4.69) is 10.3 Å². The Bertz CT molecular complexity index is 1220. The quantitative estimate of drug-likeness (QED) is 0.524. The molecule has 0 atom stereocenters. The van der Waals surface area contributed by atoms with Crippen molar-refractivity contribution in [2.75, 3.05) is 11.9 Å². The van der Waals surface area contributed by atoms with Gasteiger partial charge in [0.2, 0.25) is 5.91 Å². The SMILES string of the molecule is O=C(CN1C(=O)c2ccccc2C1=O)Nc1nc(-c2cc3ccccc3o2)cs1. The molecule has 0 fully saturated rings. The van der Waals surface area contributed by atoms with E-state index in [0.717, 1.165) is 15.9 Å². The highest BCUT2D eigenvalue weighted by Crippen LogP contribution is 2.30. The number of amides is 3. The van der Waals surface area contributed by atoms with E-state index in [-0.39, 0.29) is 6.54 Å². The van der Waals surface area contributed by atoms with Crippen LogP contribution in [-0.2, 0) is 4.79 Å². The van der Waals surface area contributed by atoms with Crippen LogP contribution in [0.25, 0.3) is 22.4 Å². The third-order valence-electron chi connectivity index (χ3n) is 4.61. The van der Waals surface area contributed by atoms with Crippen LogP contribution in [0.4, 0.5) is 5.13 Å². The third-order valence-corrected chi connectivity index (χ3v) is 5.37. The molecular weight excluding hydrogens is 390 g/mol. The molecule has 1 N–H and O–H groups in total. The number of benzene rings is 2. The monoisotopic (exact) mass is 403 g/mol. The molecule has 7 nitrogen and oxygen atoms in total. The van der Waals surface area contributed by atoms with Gasteiger partial charge < -0.3 is 9.73 Å². The third kappa shape index (κ3) is 2.99. The fourth-order valence-electron chi connectivity index (χ4n) is 3.24. The number of thiazole rings is 1. The number of imide groups is 1. The van der Waals surface area contributed by atoms with Crippen LogP contribution in [0, 0.1) is 0 Å². The van der Waals surface area contributed by atoms with Crippen molar-refractivity contribution in [3.8, 4) is 11.5 Å². The number of fused-ring (bicyclic) bond motifs is 2. The maximum atomic E-state index is 12.4. The van der Waals surface area contributed by atoms with Gasteiger partial charge in [-0.3, -0.25) is 19.3 Å². The summed E-state index contributed by atoms with van der Waals surface area (Å²) < 4.78 is 5.78. The summed E-state index contributed by atoms with van der Waals surface area (Å²) in [6.45, 7) is -0.369. The van der Waals surface area contributed by atoms with E-state index in [9.17, 15) is 14.4 Å². The Morgan fingerprint density at radius 2 is 1.72 bits per heavy atom. The fourth-order valence-corrected chi connectivity index (χ4v) is 3.95. The van der Waals surface area contributed by atoms with Gasteiger partial charge in [-0.2, -0.15) is 0 Å². The van der Waals surface area contributed by atoms with E-state index >= 15 is 0 Å². The molecule has 1 aliphatic heterocycles. The average molecular weight is 403 g/mol. The molecule has 0 saturated heterocycles. The second kappa shape index (κ2) is 6.68. The van der Waals surface area contributed by atoms with Crippen LogP contribution in [-0.4, -0.2) is 34.2 Å². The molecular formula is C21H13N3O4S. The number of hydrogen-bond acceptors (Lipinski definition) is 6. The van der Waals surface area contributed by atoms with Gasteiger partial charge in [-0.15, -0.1) is 11.3 Å². The normalized spacial score (nSPS) is 13.2. The summed E-state index contributed by atoms with van der Waals surface area (Å²) in [4.78, 5) is 42.4. The van der Waals surface area contributed by atoms with Crippen LogP contribution in [0.5, 0.6) is 0 Å². The number of carbonyl (C=O) groups excluding carboxylic acids is 3. The molecule has 0 spiro atoms. The number of rotatable bonds is 4. The summed E-state index contributed by atoms with van der Waals surface area (Å²) >= 11 is 1.24. The first-order valence-corrected chi connectivity index (χ1v) is 9.68. The van der Waals surface area contributed by atoms with Crippen molar-refractivity contribution >= 4 is 45.2 Å². The molecule has 0 aliphatic carbocycles. The first-order chi connectivity index (χ1) is 14.1. The zero-order chi connectivity index (χ0) is 20.0. The summed E-state index contributed by atoms with van der Waals surface area (Å²) in [5.74, 6) is -0.834. The summed E-state index contributed by atoms with van der Waals surface area (Å²) in [6, 6.07) is 16.0. The number of nitrogens with zero attached hydrogens (tertiary/aromatic N) is 2. The van der Waals surface area contributed by atoms with Gasteiger partial charge in [-0.25, -0.2) is 4.98 Å². The average Bonchev–Trinajstić information content (AvgIpc) is 3.42. The molecule has 3 amide bonds. The second-order valence-corrected chi connectivity index (χ2v) is 7.33. The summed E-state index contributed by atoms with van der Waals surface area (Å²) in [7, 11) is 0. The van der Waals surface area contributed by atoms with Crippen LogP contribution >= 0.6 is 11.3 Å². The zero-order valence-corrected chi connectivity index (χ0v) is 15.7. The van der Waals surface area contributed by atoms with Crippen molar-refractivity contribution in [2.45, 2.75) is 0 Å². The predicted molar refractivity (Wildman–Crippen MR) is 108 cm³/mol. The Morgan fingerprint density at radius 3 is 2.45 bits per heavy atom. The van der Waals surface area contributed by atoms with Gasteiger partial charge in [-0.1, -0.05) is 30.3 Å². The Hall–Kier alpha value is -3.78. The van der Waals surface area contributed by atoms with E-state index in [1.807, 2.05) is 30.3 Å².